The number of ketones is 2. The normalized spacial score (nSPS) is 14.9. The molecule has 5 N–H and O–H groups in total. The van der Waals surface area contributed by atoms with Gasteiger partial charge in [-0.15, -0.1) is 0 Å². The number of fused-ring (bicyclic) bond motifs is 2. The van der Waals surface area contributed by atoms with Crippen molar-refractivity contribution in [1.82, 2.24) is 40.5 Å². The van der Waals surface area contributed by atoms with Gasteiger partial charge in [-0.05, 0) is 94.7 Å². The van der Waals surface area contributed by atoms with E-state index in [1.54, 1.807) is 24.8 Å². The fourth-order valence-corrected chi connectivity index (χ4v) is 11.1. The van der Waals surface area contributed by atoms with Crippen LogP contribution in [0.3, 0.4) is 0 Å². The fraction of sp³-hybridized carbons (Fsp3) is 0.462. The van der Waals surface area contributed by atoms with Crippen LogP contribution in [0.1, 0.15) is 121 Å². The number of piperidine rings is 2. The first-order valence-electron chi connectivity index (χ1n) is 25.2. The van der Waals surface area contributed by atoms with Crippen molar-refractivity contribution in [3.8, 4) is 22.3 Å². The number of thiazole rings is 2. The van der Waals surface area contributed by atoms with Gasteiger partial charge in [-0.25, -0.2) is 39.5 Å². The van der Waals surface area contributed by atoms with Gasteiger partial charge in [0, 0.05) is 99.2 Å². The van der Waals surface area contributed by atoms with Crippen molar-refractivity contribution in [2.45, 2.75) is 99.8 Å². The van der Waals surface area contributed by atoms with Gasteiger partial charge < -0.3 is 30.3 Å². The molecule has 0 spiro atoms. The van der Waals surface area contributed by atoms with E-state index >= 15 is 0 Å². The molecule has 2 fully saturated rings. The van der Waals surface area contributed by atoms with Gasteiger partial charge in [0.1, 0.15) is 0 Å². The largest absolute Gasteiger partial charge is 0.481 e. The number of carboxylic acids is 1. The molecule has 4 aromatic heterocycles. The molecule has 74 heavy (non-hydrogen) atoms. The van der Waals surface area contributed by atoms with E-state index in [2.05, 4.69) is 56.1 Å². The summed E-state index contributed by atoms with van der Waals surface area (Å²) in [4.78, 5) is 105. The Morgan fingerprint density at radius 2 is 0.973 bits per heavy atom. The molecule has 0 bridgehead atoms. The van der Waals surface area contributed by atoms with Crippen LogP contribution in [0.25, 0.3) is 42.7 Å². The Balaban J connectivity index is 0.000000217. The summed E-state index contributed by atoms with van der Waals surface area (Å²) in [5.74, 6) is 0.297. The molecule has 4 amide bonds. The number of amides is 4. The van der Waals surface area contributed by atoms with Gasteiger partial charge in [-0.1, -0.05) is 50.4 Å². The van der Waals surface area contributed by atoms with E-state index in [1.165, 1.54) is 22.7 Å². The molecule has 8 rings (SSSR count). The Morgan fingerprint density at radius 3 is 1.31 bits per heavy atom. The smallest absolute Gasteiger partial charge is 0.321 e. The number of hydrogen-bond acceptors (Lipinski definition) is 17. The van der Waals surface area contributed by atoms with Gasteiger partial charge in [0.15, 0.2) is 21.8 Å². The number of carbonyl (C=O) groups excluding carboxylic acids is 5. The third-order valence-electron chi connectivity index (χ3n) is 13.8. The minimum atomic E-state index is -0.736. The molecular weight excluding hydrogens is 985 g/mol. The van der Waals surface area contributed by atoms with Crippen LogP contribution in [-0.2, 0) is 14.3 Å². The first-order valence-corrected chi connectivity index (χ1v) is 26.9. The highest BCUT2D eigenvalue weighted by Gasteiger charge is 2.42. The molecule has 0 unspecified atom stereocenters. The van der Waals surface area contributed by atoms with E-state index in [9.17, 15) is 33.9 Å². The molecule has 2 aliphatic heterocycles. The number of anilines is 4. The van der Waals surface area contributed by atoms with Gasteiger partial charge in [-0.3, -0.25) is 29.8 Å². The van der Waals surface area contributed by atoms with Crippen LogP contribution < -0.4 is 31.1 Å². The lowest BCUT2D eigenvalue weighted by Gasteiger charge is -2.39. The van der Waals surface area contributed by atoms with Crippen LogP contribution in [0.4, 0.5) is 31.7 Å². The number of benzene rings is 2. The van der Waals surface area contributed by atoms with Crippen molar-refractivity contribution in [3.05, 3.63) is 60.2 Å². The molecule has 20 nitrogen and oxygen atoms in total. The number of aromatic nitrogens is 6. The second-order valence-corrected chi connectivity index (χ2v) is 20.1. The number of carboxylic acid groups (broad SMARTS) is 1. The Labute approximate surface area is 437 Å². The quantitative estimate of drug-likeness (QED) is 0.0420. The van der Waals surface area contributed by atoms with E-state index in [4.69, 9.17) is 4.74 Å². The van der Waals surface area contributed by atoms with E-state index in [0.717, 1.165) is 38.1 Å². The SMILES string of the molecule is CCNC(=O)Nc1nc2cc(-c3cnc(N4CCC(CC)(C(=O)O)CC4)nc3)cc(C(=O)CC)c2s1.CCNC(=O)Nc1nc2cc(-c3cnc(N4CCC(CC)(C(=O)OCC)CC4)nc3)cc(C(=O)CC)c2s1. The van der Waals surface area contributed by atoms with E-state index < -0.39 is 16.8 Å². The topological polar surface area (TPSA) is 264 Å². The molecule has 2 aromatic carbocycles. The van der Waals surface area contributed by atoms with Crippen LogP contribution in [0.15, 0.2) is 49.1 Å². The third-order valence-corrected chi connectivity index (χ3v) is 15.8. The molecule has 0 aliphatic carbocycles. The number of hydrogen-bond donors (Lipinski definition) is 5. The Hall–Kier alpha value is -7.20. The maximum atomic E-state index is 12.8. The summed E-state index contributed by atoms with van der Waals surface area (Å²) in [6.45, 7) is 17.0. The standard InChI is InChI=1S/C27H34N6O4S.C25H30N6O4S/c1-5-21(34)19-13-17(14-20-22(19)38-26(31-20)32-25(36)28-7-3)18-15-29-24(30-16-18)33-11-9-27(6-2,10-12-33)23(35)37-8-4;1-4-19(32)17-11-15(12-18-20(17)36-24(29-18)30-23(35)26-6-3)16-13-27-22(28-14-16)31-9-7-25(5-2,8-10-31)21(33)34/h13-16H,5-12H2,1-4H3,(H2,28,31,32,36);11-14H,4-10H2,1-3H3,(H,33,34)(H2,26,29,30,35). The Kier molecular flexibility index (Phi) is 17.9. The number of nitrogens with one attached hydrogen (secondary N) is 4. The van der Waals surface area contributed by atoms with Crippen molar-refractivity contribution in [3.63, 3.8) is 0 Å². The number of urea groups is 2. The van der Waals surface area contributed by atoms with Crippen LogP contribution >= 0.6 is 22.7 Å². The van der Waals surface area contributed by atoms with Gasteiger partial charge in [0.2, 0.25) is 11.9 Å². The highest BCUT2D eigenvalue weighted by molar-refractivity contribution is 7.23. The molecule has 0 atom stereocenters. The van der Waals surface area contributed by atoms with Crippen LogP contribution in [0.5, 0.6) is 0 Å². The molecule has 0 saturated carbocycles. The summed E-state index contributed by atoms with van der Waals surface area (Å²) in [6, 6.07) is 6.73. The van der Waals surface area contributed by atoms with Crippen LogP contribution in [-0.4, -0.2) is 116 Å². The van der Waals surface area contributed by atoms with Crippen molar-refractivity contribution in [2.75, 3.05) is 66.3 Å². The lowest BCUT2D eigenvalue weighted by Crippen LogP contribution is -2.45. The van der Waals surface area contributed by atoms with E-state index in [1.807, 2.05) is 77.6 Å². The second-order valence-electron chi connectivity index (χ2n) is 18.1. The highest BCUT2D eigenvalue weighted by Crippen LogP contribution is 2.40. The summed E-state index contributed by atoms with van der Waals surface area (Å²) in [7, 11) is 0. The van der Waals surface area contributed by atoms with E-state index in [0.29, 0.717) is 135 Å². The minimum absolute atomic E-state index is 0.00285. The molecular formula is C52H64N12O8S2. The number of nitrogens with zero attached hydrogens (tertiary/aromatic N) is 8. The van der Waals surface area contributed by atoms with E-state index in [-0.39, 0.29) is 29.6 Å². The zero-order valence-corrected chi connectivity index (χ0v) is 44.6. The zero-order valence-electron chi connectivity index (χ0n) is 42.9. The highest BCUT2D eigenvalue weighted by atomic mass is 32.1. The maximum Gasteiger partial charge on any atom is 0.321 e. The molecule has 392 valence electrons. The Bertz CT molecular complexity index is 3000. The third kappa shape index (κ3) is 12.1. The number of aliphatic carboxylic acids is 1. The first-order chi connectivity index (χ1) is 35.6. The molecule has 22 heteroatoms. The zero-order chi connectivity index (χ0) is 53.2. The summed E-state index contributed by atoms with van der Waals surface area (Å²) in [5, 5.41) is 21.3. The second kappa shape index (κ2) is 24.2. The minimum Gasteiger partial charge on any atom is -0.481 e. The van der Waals surface area contributed by atoms with Crippen LogP contribution in [0.2, 0.25) is 0 Å². The van der Waals surface area contributed by atoms with Gasteiger partial charge in [0.05, 0.1) is 37.9 Å². The summed E-state index contributed by atoms with van der Waals surface area (Å²) in [5.41, 5.74) is 4.29. The first kappa shape index (κ1) is 54.6. The molecule has 2 aliphatic rings. The summed E-state index contributed by atoms with van der Waals surface area (Å²) in [6.07, 6.45) is 11.5. The molecule has 6 aromatic rings. The average molecular weight is 1050 g/mol. The summed E-state index contributed by atoms with van der Waals surface area (Å²) < 4.78 is 6.80. The monoisotopic (exact) mass is 1050 g/mol. The van der Waals surface area contributed by atoms with Crippen LogP contribution in [0, 0.1) is 10.8 Å². The predicted octanol–water partition coefficient (Wildman–Crippen LogP) is 9.62. The molecule has 2 saturated heterocycles. The maximum absolute atomic E-state index is 12.8. The molecule has 6 heterocycles. The molecule has 0 radical (unpaired) electrons. The lowest BCUT2D eigenvalue weighted by molar-refractivity contribution is -0.157. The van der Waals surface area contributed by atoms with Crippen molar-refractivity contribution < 1.29 is 38.6 Å². The summed E-state index contributed by atoms with van der Waals surface area (Å²) >= 11 is 2.55. The number of ether oxygens (including phenoxy) is 1. The Morgan fingerprint density at radius 1 is 0.581 bits per heavy atom. The fourth-order valence-electron chi connectivity index (χ4n) is 9.15. The predicted molar refractivity (Wildman–Crippen MR) is 289 cm³/mol. The number of carbonyl (C=O) groups is 6. The van der Waals surface area contributed by atoms with Gasteiger partial charge >= 0.3 is 24.0 Å². The number of esters is 1. The van der Waals surface area contributed by atoms with Gasteiger partial charge in [0.25, 0.3) is 0 Å². The van der Waals surface area contributed by atoms with Crippen molar-refractivity contribution >= 4 is 101 Å². The van der Waals surface area contributed by atoms with Crippen molar-refractivity contribution in [2.24, 2.45) is 10.8 Å². The van der Waals surface area contributed by atoms with Gasteiger partial charge in [-0.2, -0.15) is 0 Å². The number of rotatable bonds is 17. The average Bonchev–Trinajstić information content (AvgIpc) is 4.03. The van der Waals surface area contributed by atoms with Crippen molar-refractivity contribution in [1.29, 1.82) is 0 Å². The number of Topliss-reactive ketones (excluding diaryl/α,β-unsaturated/α-hetero) is 2. The lowest BCUT2D eigenvalue weighted by atomic mass is 9.76.